The van der Waals surface area contributed by atoms with Crippen molar-refractivity contribution in [2.45, 2.75) is 200 Å². The quantitative estimate of drug-likeness (QED) is 0.0393. The van der Waals surface area contributed by atoms with Gasteiger partial charge >= 0.3 is 0 Å². The Hall–Kier alpha value is -0.460. The van der Waals surface area contributed by atoms with Crippen molar-refractivity contribution in [2.24, 2.45) is 0 Å². The normalized spacial score (nSPS) is 13.9. The van der Waals surface area contributed by atoms with Crippen LogP contribution in [0.1, 0.15) is 194 Å². The number of hydrogen-bond donors (Lipinski definition) is 1. The molecule has 0 aliphatic carbocycles. The molecule has 0 rings (SSSR count). The fourth-order valence-corrected chi connectivity index (χ4v) is 7.43. The number of rotatable bonds is 38. The molecule has 8 heteroatoms. The summed E-state index contributed by atoms with van der Waals surface area (Å²) in [6.07, 6.45) is 35.4. The molecule has 1 amide bonds. The van der Waals surface area contributed by atoms with Crippen LogP contribution in [0, 0.1) is 0 Å². The van der Waals surface area contributed by atoms with Crippen LogP contribution >= 0.6 is 7.60 Å². The summed E-state index contributed by atoms with van der Waals surface area (Å²) in [7, 11) is 1.90. The average Bonchev–Trinajstić information content (AvgIpc) is 3.04. The van der Waals surface area contributed by atoms with E-state index in [1.807, 2.05) is 21.1 Å². The van der Waals surface area contributed by atoms with Crippen LogP contribution in [0.3, 0.4) is 0 Å². The SMILES string of the molecule is CCCCCCCCCCCCCCCCOC[C@@H](COP(=O)([O-])CC[N+](C)(C)C)NC(=O)CCCCCCCCCCCCCCC. The van der Waals surface area contributed by atoms with Crippen LogP contribution < -0.4 is 10.2 Å². The maximum Gasteiger partial charge on any atom is 0.220 e. The van der Waals surface area contributed by atoms with E-state index >= 15 is 0 Å². The molecule has 0 radical (unpaired) electrons. The van der Waals surface area contributed by atoms with Gasteiger partial charge < -0.3 is 28.5 Å². The van der Waals surface area contributed by atoms with E-state index in [0.29, 0.717) is 24.1 Å². The summed E-state index contributed by atoms with van der Waals surface area (Å²) in [4.78, 5) is 25.3. The summed E-state index contributed by atoms with van der Waals surface area (Å²) in [5.74, 6) is -0.0427. The van der Waals surface area contributed by atoms with Gasteiger partial charge in [0, 0.05) is 13.0 Å². The Labute approximate surface area is 299 Å². The molecule has 0 aliphatic heterocycles. The number of hydrogen-bond acceptors (Lipinski definition) is 5. The largest absolute Gasteiger partial charge is 0.778 e. The molecule has 288 valence electrons. The van der Waals surface area contributed by atoms with E-state index in [-0.39, 0.29) is 25.3 Å². The Bertz CT molecular complexity index is 746. The topological polar surface area (TPSA) is 87.7 Å². The highest BCUT2D eigenvalue weighted by atomic mass is 31.2. The molecule has 48 heavy (non-hydrogen) atoms. The van der Waals surface area contributed by atoms with Crippen LogP contribution in [0.15, 0.2) is 0 Å². The molecule has 7 nitrogen and oxygen atoms in total. The third-order valence-corrected chi connectivity index (χ3v) is 10.6. The number of nitrogens with one attached hydrogen (secondary N) is 1. The Morgan fingerprint density at radius 1 is 0.604 bits per heavy atom. The van der Waals surface area contributed by atoms with Gasteiger partial charge in [0.15, 0.2) is 0 Å². The lowest BCUT2D eigenvalue weighted by Crippen LogP contribution is -2.42. The zero-order valence-corrected chi connectivity index (χ0v) is 33.7. The van der Waals surface area contributed by atoms with Crippen LogP contribution in [0.25, 0.3) is 0 Å². The number of quaternary nitrogens is 1. The summed E-state index contributed by atoms with van der Waals surface area (Å²) in [6, 6.07) is -0.461. The zero-order valence-electron chi connectivity index (χ0n) is 32.8. The molecular formula is C40H83N2O5P. The molecule has 0 aromatic heterocycles. The zero-order chi connectivity index (χ0) is 35.6. The first-order chi connectivity index (χ1) is 23.1. The molecule has 0 saturated carbocycles. The van der Waals surface area contributed by atoms with Crippen LogP contribution in [0.2, 0.25) is 0 Å². The molecular weight excluding hydrogens is 619 g/mol. The molecule has 0 spiro atoms. The molecule has 0 fully saturated rings. The lowest BCUT2D eigenvalue weighted by atomic mass is 10.0. The van der Waals surface area contributed by atoms with E-state index in [0.717, 1.165) is 25.7 Å². The highest BCUT2D eigenvalue weighted by Gasteiger charge is 2.19. The fourth-order valence-electron chi connectivity index (χ4n) is 6.05. The van der Waals surface area contributed by atoms with E-state index in [9.17, 15) is 14.3 Å². The minimum Gasteiger partial charge on any atom is -0.778 e. The predicted molar refractivity (Wildman–Crippen MR) is 205 cm³/mol. The van der Waals surface area contributed by atoms with Crippen molar-refractivity contribution >= 4 is 13.5 Å². The fraction of sp³-hybridized carbons (Fsp3) is 0.975. The van der Waals surface area contributed by atoms with Gasteiger partial charge in [-0.3, -0.25) is 4.79 Å². The molecule has 2 atom stereocenters. The van der Waals surface area contributed by atoms with Gasteiger partial charge in [0.25, 0.3) is 0 Å². The molecule has 0 aromatic carbocycles. The second-order valence-electron chi connectivity index (χ2n) is 15.6. The van der Waals surface area contributed by atoms with Crippen LogP contribution in [0.5, 0.6) is 0 Å². The molecule has 0 aromatic rings. The van der Waals surface area contributed by atoms with Crippen molar-refractivity contribution < 1.29 is 28.0 Å². The van der Waals surface area contributed by atoms with E-state index < -0.39 is 13.6 Å². The average molecular weight is 703 g/mol. The van der Waals surface area contributed by atoms with Gasteiger partial charge in [-0.2, -0.15) is 0 Å². The number of unbranched alkanes of at least 4 members (excludes halogenated alkanes) is 25. The van der Waals surface area contributed by atoms with E-state index in [4.69, 9.17) is 9.26 Å². The van der Waals surface area contributed by atoms with Crippen molar-refractivity contribution in [3.63, 3.8) is 0 Å². The van der Waals surface area contributed by atoms with Gasteiger partial charge in [0.1, 0.15) is 7.60 Å². The minimum absolute atomic E-state index is 0.0178. The maximum absolute atomic E-state index is 12.7. The first-order valence-electron chi connectivity index (χ1n) is 20.7. The van der Waals surface area contributed by atoms with Crippen LogP contribution in [-0.2, 0) is 18.6 Å². The van der Waals surface area contributed by atoms with Gasteiger partial charge in [-0.05, 0) is 12.8 Å². The van der Waals surface area contributed by atoms with Crippen LogP contribution in [-0.4, -0.2) is 70.1 Å². The van der Waals surface area contributed by atoms with Gasteiger partial charge in [-0.25, -0.2) is 0 Å². The molecule has 0 aliphatic rings. The second-order valence-corrected chi connectivity index (χ2v) is 17.5. The lowest BCUT2D eigenvalue weighted by molar-refractivity contribution is -0.868. The standard InChI is InChI=1S/C40H83N2O5P/c1-6-8-10-12-14-16-18-20-22-24-26-28-30-32-35-46-37-39(38-47-48(44,45)36-34-42(3,4)5)41-40(43)33-31-29-27-25-23-21-19-17-15-13-11-9-7-2/h39H,6-38H2,1-5H3,(H-,41,43,44,45)/t39-/m0/s1. The number of ether oxygens (including phenoxy) is 1. The Kier molecular flexibility index (Phi) is 33.3. The Balaban J connectivity index is 4.18. The van der Waals surface area contributed by atoms with Crippen molar-refractivity contribution in [1.29, 1.82) is 0 Å². The summed E-state index contributed by atoms with van der Waals surface area (Å²) >= 11 is 0. The van der Waals surface area contributed by atoms with Crippen molar-refractivity contribution in [3.8, 4) is 0 Å². The second kappa shape index (κ2) is 33.7. The number of carbonyl (C=O) groups is 1. The van der Waals surface area contributed by atoms with Crippen molar-refractivity contribution in [3.05, 3.63) is 0 Å². The summed E-state index contributed by atoms with van der Waals surface area (Å²) in [5.41, 5.74) is 0. The monoisotopic (exact) mass is 703 g/mol. The maximum atomic E-state index is 12.7. The van der Waals surface area contributed by atoms with Gasteiger partial charge in [-0.15, -0.1) is 0 Å². The van der Waals surface area contributed by atoms with Crippen LogP contribution in [0.4, 0.5) is 0 Å². The molecule has 0 heterocycles. The third kappa shape index (κ3) is 36.8. The number of amides is 1. The third-order valence-electron chi connectivity index (χ3n) is 9.35. The van der Waals surface area contributed by atoms with E-state index in [2.05, 4.69) is 19.2 Å². The Morgan fingerprint density at radius 2 is 0.979 bits per heavy atom. The van der Waals surface area contributed by atoms with E-state index in [1.54, 1.807) is 0 Å². The van der Waals surface area contributed by atoms with Gasteiger partial charge in [0.05, 0.1) is 53.1 Å². The Morgan fingerprint density at radius 3 is 1.38 bits per heavy atom. The number of nitrogens with zero attached hydrogens (tertiary/aromatic N) is 1. The van der Waals surface area contributed by atoms with Crippen molar-refractivity contribution in [2.75, 3.05) is 53.7 Å². The predicted octanol–water partition coefficient (Wildman–Crippen LogP) is 10.7. The number of carbonyl (C=O) groups excluding carboxylic acids is 1. The smallest absolute Gasteiger partial charge is 0.220 e. The highest BCUT2D eigenvalue weighted by molar-refractivity contribution is 7.51. The first-order valence-corrected chi connectivity index (χ1v) is 22.4. The first kappa shape index (κ1) is 47.5. The molecule has 1 N–H and O–H groups in total. The van der Waals surface area contributed by atoms with Gasteiger partial charge in [0.2, 0.25) is 5.91 Å². The van der Waals surface area contributed by atoms with Gasteiger partial charge in [-0.1, -0.05) is 174 Å². The summed E-state index contributed by atoms with van der Waals surface area (Å²) < 4.78 is 24.4. The highest BCUT2D eigenvalue weighted by Crippen LogP contribution is 2.36. The molecule has 1 unspecified atom stereocenters. The lowest BCUT2D eigenvalue weighted by Gasteiger charge is -2.30. The molecule has 0 bridgehead atoms. The van der Waals surface area contributed by atoms with Crippen molar-refractivity contribution in [1.82, 2.24) is 5.32 Å². The molecule has 0 saturated heterocycles. The van der Waals surface area contributed by atoms with E-state index in [1.165, 1.54) is 148 Å². The summed E-state index contributed by atoms with van der Waals surface area (Å²) in [5, 5.41) is 3.00. The minimum atomic E-state index is -3.99. The summed E-state index contributed by atoms with van der Waals surface area (Å²) in [6.45, 7) is 5.85.